The van der Waals surface area contributed by atoms with Gasteiger partial charge in [0.1, 0.15) is 5.60 Å². The summed E-state index contributed by atoms with van der Waals surface area (Å²) in [7, 11) is 1.77. The average molecular weight is 433 g/mol. The van der Waals surface area contributed by atoms with Crippen LogP contribution in [0.15, 0.2) is 35.3 Å². The maximum atomic E-state index is 11.6. The van der Waals surface area contributed by atoms with Gasteiger partial charge in [-0.2, -0.15) is 0 Å². The molecule has 0 saturated carbocycles. The summed E-state index contributed by atoms with van der Waals surface area (Å²) < 4.78 is 5.22. The Labute approximate surface area is 187 Å². The number of anilines is 1. The standard InChI is InChI=1S/C23H40N6O2/c1-23(2,3)31-22(30)27-13-8-12-25-21(24-4)26-14-9-15-28-16-18-29(19-17-28)20-10-6-5-7-11-20/h5-7,10-11H,8-9,12-19H2,1-4H3,(H,27,30)(H2,24,25,26). The molecule has 0 spiro atoms. The number of carbonyl (C=O) groups excluding carboxylic acids is 1. The van der Waals surface area contributed by atoms with Gasteiger partial charge in [0.25, 0.3) is 0 Å². The van der Waals surface area contributed by atoms with Crippen molar-refractivity contribution in [1.29, 1.82) is 0 Å². The lowest BCUT2D eigenvalue weighted by atomic mass is 10.2. The summed E-state index contributed by atoms with van der Waals surface area (Å²) in [4.78, 5) is 20.9. The monoisotopic (exact) mass is 432 g/mol. The van der Waals surface area contributed by atoms with Crippen LogP contribution < -0.4 is 20.9 Å². The highest BCUT2D eigenvalue weighted by molar-refractivity contribution is 5.79. The van der Waals surface area contributed by atoms with Gasteiger partial charge in [0.05, 0.1) is 0 Å². The highest BCUT2D eigenvalue weighted by Crippen LogP contribution is 2.15. The van der Waals surface area contributed by atoms with Gasteiger partial charge in [-0.15, -0.1) is 0 Å². The topological polar surface area (TPSA) is 81.2 Å². The first-order valence-corrected chi connectivity index (χ1v) is 11.3. The first-order valence-electron chi connectivity index (χ1n) is 11.3. The summed E-state index contributed by atoms with van der Waals surface area (Å²) in [6, 6.07) is 10.6. The fourth-order valence-corrected chi connectivity index (χ4v) is 3.40. The zero-order valence-corrected chi connectivity index (χ0v) is 19.6. The van der Waals surface area contributed by atoms with Crippen LogP contribution in [0.3, 0.4) is 0 Å². The van der Waals surface area contributed by atoms with Crippen LogP contribution in [0, 0.1) is 0 Å². The third-order valence-corrected chi connectivity index (χ3v) is 4.98. The molecule has 1 aliphatic rings. The second kappa shape index (κ2) is 13.0. The Kier molecular flexibility index (Phi) is 10.4. The van der Waals surface area contributed by atoms with Gasteiger partial charge >= 0.3 is 6.09 Å². The van der Waals surface area contributed by atoms with E-state index < -0.39 is 5.60 Å². The fourth-order valence-electron chi connectivity index (χ4n) is 3.40. The van der Waals surface area contributed by atoms with Gasteiger partial charge in [0.15, 0.2) is 5.96 Å². The number of guanidine groups is 1. The van der Waals surface area contributed by atoms with E-state index in [-0.39, 0.29) is 6.09 Å². The van der Waals surface area contributed by atoms with E-state index in [1.807, 2.05) is 20.8 Å². The van der Waals surface area contributed by atoms with Crippen LogP contribution in [0.5, 0.6) is 0 Å². The van der Waals surface area contributed by atoms with E-state index in [4.69, 9.17) is 4.74 Å². The summed E-state index contributed by atoms with van der Waals surface area (Å²) in [6.07, 6.45) is 1.50. The molecule has 2 rings (SSSR count). The van der Waals surface area contributed by atoms with E-state index in [1.54, 1.807) is 7.05 Å². The molecule has 8 heteroatoms. The smallest absolute Gasteiger partial charge is 0.407 e. The molecule has 1 fully saturated rings. The maximum Gasteiger partial charge on any atom is 0.407 e. The molecule has 1 saturated heterocycles. The first-order chi connectivity index (χ1) is 14.9. The van der Waals surface area contributed by atoms with Crippen LogP contribution in [-0.4, -0.2) is 82.0 Å². The average Bonchev–Trinajstić information content (AvgIpc) is 2.74. The van der Waals surface area contributed by atoms with Gasteiger partial charge in [-0.25, -0.2) is 4.79 Å². The molecule has 0 atom stereocenters. The third kappa shape index (κ3) is 10.4. The molecule has 0 bridgehead atoms. The van der Waals surface area contributed by atoms with E-state index in [9.17, 15) is 4.79 Å². The Bertz CT molecular complexity index is 666. The lowest BCUT2D eigenvalue weighted by Crippen LogP contribution is -2.47. The van der Waals surface area contributed by atoms with E-state index >= 15 is 0 Å². The van der Waals surface area contributed by atoms with E-state index in [2.05, 4.69) is 61.1 Å². The number of hydrogen-bond acceptors (Lipinski definition) is 5. The predicted molar refractivity (Wildman–Crippen MR) is 128 cm³/mol. The number of aliphatic imine (C=N–C) groups is 1. The van der Waals surface area contributed by atoms with Crippen LogP contribution >= 0.6 is 0 Å². The molecule has 1 amide bonds. The number of rotatable bonds is 9. The zero-order valence-electron chi connectivity index (χ0n) is 19.6. The summed E-state index contributed by atoms with van der Waals surface area (Å²) in [6.45, 7) is 13.2. The van der Waals surface area contributed by atoms with Crippen LogP contribution in [0.25, 0.3) is 0 Å². The molecule has 174 valence electrons. The van der Waals surface area contributed by atoms with Crippen LogP contribution in [0.4, 0.5) is 10.5 Å². The number of nitrogens with zero attached hydrogens (tertiary/aromatic N) is 3. The fraction of sp³-hybridized carbons (Fsp3) is 0.652. The first kappa shape index (κ1) is 24.8. The minimum Gasteiger partial charge on any atom is -0.444 e. The summed E-state index contributed by atoms with van der Waals surface area (Å²) in [5, 5.41) is 9.41. The molecule has 1 aromatic carbocycles. The molecule has 31 heavy (non-hydrogen) atoms. The summed E-state index contributed by atoms with van der Waals surface area (Å²) in [5.41, 5.74) is 0.851. The Balaban J connectivity index is 1.50. The van der Waals surface area contributed by atoms with Crippen LogP contribution in [-0.2, 0) is 4.74 Å². The number of piperazine rings is 1. The van der Waals surface area contributed by atoms with Crippen LogP contribution in [0.2, 0.25) is 0 Å². The van der Waals surface area contributed by atoms with Crippen molar-refractivity contribution in [1.82, 2.24) is 20.9 Å². The Morgan fingerprint density at radius 2 is 1.58 bits per heavy atom. The number of benzene rings is 1. The third-order valence-electron chi connectivity index (χ3n) is 4.98. The Morgan fingerprint density at radius 1 is 0.968 bits per heavy atom. The molecule has 8 nitrogen and oxygen atoms in total. The van der Waals surface area contributed by atoms with Crippen molar-refractivity contribution in [2.75, 3.05) is 64.3 Å². The van der Waals surface area contributed by atoms with Gasteiger partial charge in [0, 0.05) is 58.5 Å². The van der Waals surface area contributed by atoms with E-state index in [1.165, 1.54) is 5.69 Å². The number of alkyl carbamates (subject to hydrolysis) is 1. The van der Waals surface area contributed by atoms with E-state index in [0.29, 0.717) is 6.54 Å². The van der Waals surface area contributed by atoms with Crippen LogP contribution in [0.1, 0.15) is 33.6 Å². The Morgan fingerprint density at radius 3 is 2.19 bits per heavy atom. The largest absolute Gasteiger partial charge is 0.444 e. The van der Waals surface area contributed by atoms with Crippen molar-refractivity contribution in [2.45, 2.75) is 39.2 Å². The van der Waals surface area contributed by atoms with Crippen molar-refractivity contribution in [3.63, 3.8) is 0 Å². The van der Waals surface area contributed by atoms with Gasteiger partial charge in [0.2, 0.25) is 0 Å². The molecule has 1 heterocycles. The van der Waals surface area contributed by atoms with Gasteiger partial charge in [-0.05, 0) is 52.3 Å². The number of nitrogens with one attached hydrogen (secondary N) is 3. The summed E-state index contributed by atoms with van der Waals surface area (Å²) >= 11 is 0. The minimum absolute atomic E-state index is 0.375. The number of amides is 1. The minimum atomic E-state index is -0.468. The molecule has 0 radical (unpaired) electrons. The molecular weight excluding hydrogens is 392 g/mol. The molecule has 0 aromatic heterocycles. The van der Waals surface area contributed by atoms with Crippen molar-refractivity contribution in [3.05, 3.63) is 30.3 Å². The number of ether oxygens (including phenoxy) is 1. The van der Waals surface area contributed by atoms with Gasteiger partial charge in [-0.3, -0.25) is 9.89 Å². The van der Waals surface area contributed by atoms with Crippen molar-refractivity contribution >= 4 is 17.7 Å². The van der Waals surface area contributed by atoms with Crippen molar-refractivity contribution < 1.29 is 9.53 Å². The van der Waals surface area contributed by atoms with Crippen molar-refractivity contribution in [2.24, 2.45) is 4.99 Å². The molecule has 3 N–H and O–H groups in total. The zero-order chi connectivity index (χ0) is 22.5. The SMILES string of the molecule is CN=C(NCCCNC(=O)OC(C)(C)C)NCCCN1CCN(c2ccccc2)CC1. The molecule has 0 aliphatic carbocycles. The van der Waals surface area contributed by atoms with E-state index in [0.717, 1.165) is 64.6 Å². The highest BCUT2D eigenvalue weighted by Gasteiger charge is 2.17. The second-order valence-corrected chi connectivity index (χ2v) is 8.73. The number of para-hydroxylation sites is 1. The molecule has 1 aliphatic heterocycles. The lowest BCUT2D eigenvalue weighted by Gasteiger charge is -2.36. The quantitative estimate of drug-likeness (QED) is 0.316. The molecule has 1 aromatic rings. The number of hydrogen-bond donors (Lipinski definition) is 3. The summed E-state index contributed by atoms with van der Waals surface area (Å²) in [5.74, 6) is 0.797. The Hall–Kier alpha value is -2.48. The van der Waals surface area contributed by atoms with Gasteiger partial charge < -0.3 is 25.6 Å². The number of carbonyl (C=O) groups is 1. The lowest BCUT2D eigenvalue weighted by molar-refractivity contribution is 0.0527. The van der Waals surface area contributed by atoms with Crippen molar-refractivity contribution in [3.8, 4) is 0 Å². The highest BCUT2D eigenvalue weighted by atomic mass is 16.6. The molecule has 0 unspecified atom stereocenters. The second-order valence-electron chi connectivity index (χ2n) is 8.73. The maximum absolute atomic E-state index is 11.6. The predicted octanol–water partition coefficient (Wildman–Crippen LogP) is 2.28. The van der Waals surface area contributed by atoms with Gasteiger partial charge in [-0.1, -0.05) is 18.2 Å². The molecular formula is C23H40N6O2. The normalized spacial score (nSPS) is 15.5.